The Hall–Kier alpha value is -1.54. The third-order valence-electron chi connectivity index (χ3n) is 8.43. The molecule has 0 bridgehead atoms. The molecule has 0 saturated carbocycles. The van der Waals surface area contributed by atoms with Crippen LogP contribution in [0.15, 0.2) is 41.3 Å². The first-order valence-electron chi connectivity index (χ1n) is 14.9. The van der Waals surface area contributed by atoms with Crippen LogP contribution >= 0.6 is 13.7 Å². The predicted octanol–water partition coefficient (Wildman–Crippen LogP) is 2.19. The Kier molecular flexibility index (Phi) is 10.1. The zero-order valence-corrected chi connectivity index (χ0v) is 27.3. The van der Waals surface area contributed by atoms with Crippen LogP contribution in [0, 0.1) is 10.1 Å². The number of non-ortho nitro benzene ring substituents is 1. The minimum Gasteiger partial charge on any atom is -0.379 e. The monoisotopic (exact) mass is 653 g/mol. The maximum Gasteiger partial charge on any atom is 0.269 e. The highest BCUT2D eigenvalue weighted by atomic mass is 32.4. The highest BCUT2D eigenvalue weighted by molar-refractivity contribution is 8.15. The molecule has 0 spiro atoms. The Morgan fingerprint density at radius 2 is 1.16 bits per heavy atom. The van der Waals surface area contributed by atoms with E-state index in [-0.39, 0.29) is 10.6 Å². The zero-order chi connectivity index (χ0) is 29.9. The van der Waals surface area contributed by atoms with Crippen molar-refractivity contribution in [3.63, 3.8) is 0 Å². The highest BCUT2D eigenvalue weighted by Gasteiger charge is 2.43. The molecule has 4 fully saturated rings. The van der Waals surface area contributed by atoms with E-state index in [0.29, 0.717) is 52.9 Å². The fourth-order valence-corrected chi connectivity index (χ4v) is 14.9. The average Bonchev–Trinajstić information content (AvgIpc) is 3.47. The Morgan fingerprint density at radius 3 is 1.58 bits per heavy atom. The molecule has 0 radical (unpaired) electrons. The molecule has 0 aliphatic carbocycles. The third-order valence-corrected chi connectivity index (χ3v) is 17.6. The second-order valence-electron chi connectivity index (χ2n) is 10.9. The molecule has 16 heteroatoms. The van der Waals surface area contributed by atoms with E-state index in [2.05, 4.69) is 42.6 Å². The summed E-state index contributed by atoms with van der Waals surface area (Å²) in [5.74, 6) is 0. The number of morpholine rings is 4. The lowest BCUT2D eigenvalue weighted by molar-refractivity contribution is -0.384. The number of nitrogens with zero attached hydrogens (tertiary/aromatic N) is 7. The SMILES string of the molecule is Cn1cc(P(=Nc2ccc([N+](=O)[O-])cc2)(N2CCOCC2)N2CCOCC2)cc1P(=S)(N1CCOCC1)N1CCOCC1. The average molecular weight is 654 g/mol. The zero-order valence-electron chi connectivity index (χ0n) is 24.7. The molecule has 13 nitrogen and oxygen atoms in total. The first-order valence-corrected chi connectivity index (χ1v) is 19.3. The van der Waals surface area contributed by atoms with Gasteiger partial charge in [-0.05, 0) is 18.2 Å². The number of hydrogen-bond donors (Lipinski definition) is 0. The summed E-state index contributed by atoms with van der Waals surface area (Å²) < 4.78 is 40.9. The van der Waals surface area contributed by atoms with E-state index in [1.807, 2.05) is 0 Å². The summed E-state index contributed by atoms with van der Waals surface area (Å²) >= 11 is 6.80. The van der Waals surface area contributed by atoms with Crippen LogP contribution in [-0.2, 0) is 37.8 Å². The number of rotatable bonds is 8. The van der Waals surface area contributed by atoms with Crippen LogP contribution in [0.3, 0.4) is 0 Å². The summed E-state index contributed by atoms with van der Waals surface area (Å²) in [6, 6.07) is 8.95. The molecule has 4 aliphatic heterocycles. The van der Waals surface area contributed by atoms with E-state index in [1.165, 1.54) is 0 Å². The van der Waals surface area contributed by atoms with Gasteiger partial charge in [0.2, 0.25) is 0 Å². The van der Waals surface area contributed by atoms with Crippen molar-refractivity contribution in [2.75, 3.05) is 105 Å². The van der Waals surface area contributed by atoms with Crippen molar-refractivity contribution in [1.82, 2.24) is 23.2 Å². The molecule has 236 valence electrons. The number of nitro groups is 1. The second-order valence-corrected chi connectivity index (χ2v) is 18.1. The predicted molar refractivity (Wildman–Crippen MR) is 171 cm³/mol. The molecular formula is C27H41N7O6P2S. The first kappa shape index (κ1) is 31.4. The summed E-state index contributed by atoms with van der Waals surface area (Å²) in [6.07, 6.45) is -0.130. The molecule has 43 heavy (non-hydrogen) atoms. The number of nitro benzene ring substituents is 1. The minimum atomic E-state index is -2.59. The van der Waals surface area contributed by atoms with Crippen molar-refractivity contribution in [3.05, 3.63) is 46.6 Å². The minimum absolute atomic E-state index is 0.0549. The van der Waals surface area contributed by atoms with Gasteiger partial charge in [0.15, 0.2) is 0 Å². The van der Waals surface area contributed by atoms with Crippen molar-refractivity contribution in [1.29, 1.82) is 0 Å². The molecule has 6 rings (SSSR count). The third kappa shape index (κ3) is 6.30. The van der Waals surface area contributed by atoms with Gasteiger partial charge in [0.1, 0.15) is 13.7 Å². The molecule has 0 amide bonds. The Bertz CT molecular complexity index is 1320. The molecule has 1 aromatic carbocycles. The van der Waals surface area contributed by atoms with Crippen LogP contribution < -0.4 is 10.7 Å². The van der Waals surface area contributed by atoms with E-state index >= 15 is 0 Å². The number of hydrogen-bond acceptors (Lipinski definition) is 8. The van der Waals surface area contributed by atoms with Crippen molar-refractivity contribution in [3.8, 4) is 0 Å². The fraction of sp³-hybridized carbons (Fsp3) is 0.630. The van der Waals surface area contributed by atoms with E-state index in [0.717, 1.165) is 68.8 Å². The standard InChI is InChI=1S/C27H41N7O6P2S/c1-29-23-26(22-27(29)42(43,32-10-18-39-19-11-32)33-12-20-40-21-13-33)41(30-6-14-37-15-7-30,31-8-16-38-17-9-31)28-24-2-4-25(5-3-24)34(35)36/h2-5,22-23H,6-21H2,1H3. The van der Waals surface area contributed by atoms with Gasteiger partial charge in [0.05, 0.1) is 68.9 Å². The smallest absolute Gasteiger partial charge is 0.269 e. The number of aromatic nitrogens is 1. The fourth-order valence-electron chi connectivity index (χ4n) is 6.26. The van der Waals surface area contributed by atoms with Crippen LogP contribution in [0.1, 0.15) is 0 Å². The molecule has 1 aromatic heterocycles. The summed E-state index contributed by atoms with van der Waals surface area (Å²) in [5.41, 5.74) is 1.92. The van der Waals surface area contributed by atoms with Gasteiger partial charge >= 0.3 is 0 Å². The highest BCUT2D eigenvalue weighted by Crippen LogP contribution is 2.59. The number of aryl methyl sites for hydroxylation is 1. The van der Waals surface area contributed by atoms with Crippen molar-refractivity contribution >= 4 is 47.6 Å². The van der Waals surface area contributed by atoms with Crippen molar-refractivity contribution in [2.24, 2.45) is 11.8 Å². The quantitative estimate of drug-likeness (QED) is 0.238. The summed E-state index contributed by atoms with van der Waals surface area (Å²) in [7, 11) is -0.479. The van der Waals surface area contributed by atoms with Gasteiger partial charge in [-0.2, -0.15) is 0 Å². The van der Waals surface area contributed by atoms with Crippen LogP contribution in [0.5, 0.6) is 0 Å². The summed E-state index contributed by atoms with van der Waals surface area (Å²) in [4.78, 5) is 11.0. The van der Waals surface area contributed by atoms with Crippen molar-refractivity contribution < 1.29 is 23.9 Å². The van der Waals surface area contributed by atoms with Crippen LogP contribution in [-0.4, -0.2) is 133 Å². The van der Waals surface area contributed by atoms with E-state index in [4.69, 9.17) is 35.5 Å². The summed E-state index contributed by atoms with van der Waals surface area (Å²) in [5, 5.41) is 12.6. The summed E-state index contributed by atoms with van der Waals surface area (Å²) in [6.45, 7) is 11.4. The van der Waals surface area contributed by atoms with E-state index < -0.39 is 13.7 Å². The Balaban J connectivity index is 1.54. The molecule has 0 atom stereocenters. The van der Waals surface area contributed by atoms with Crippen LogP contribution in [0.4, 0.5) is 11.4 Å². The lowest BCUT2D eigenvalue weighted by Crippen LogP contribution is -2.47. The van der Waals surface area contributed by atoms with Gasteiger partial charge in [0.25, 0.3) is 5.69 Å². The van der Waals surface area contributed by atoms with E-state index in [9.17, 15) is 10.1 Å². The lowest BCUT2D eigenvalue weighted by atomic mass is 10.3. The first-order chi connectivity index (χ1) is 20.9. The van der Waals surface area contributed by atoms with Crippen LogP contribution in [0.2, 0.25) is 0 Å². The largest absolute Gasteiger partial charge is 0.379 e. The molecule has 0 unspecified atom stereocenters. The Morgan fingerprint density at radius 1 is 0.744 bits per heavy atom. The second kappa shape index (κ2) is 13.8. The van der Waals surface area contributed by atoms with Gasteiger partial charge in [-0.25, -0.2) is 14.1 Å². The Labute approximate surface area is 258 Å². The molecule has 0 N–H and O–H groups in total. The van der Waals surface area contributed by atoms with Crippen LogP contribution in [0.25, 0.3) is 0 Å². The maximum absolute atomic E-state index is 11.4. The van der Waals surface area contributed by atoms with Gasteiger partial charge in [0, 0.05) is 83.0 Å². The van der Waals surface area contributed by atoms with E-state index in [1.54, 1.807) is 24.3 Å². The van der Waals surface area contributed by atoms with Gasteiger partial charge in [-0.1, -0.05) is 11.8 Å². The molecule has 4 aliphatic rings. The lowest BCUT2D eigenvalue weighted by Gasteiger charge is -2.46. The molecular weight excluding hydrogens is 612 g/mol. The van der Waals surface area contributed by atoms with Gasteiger partial charge in [-0.15, -0.1) is 0 Å². The van der Waals surface area contributed by atoms with Gasteiger partial charge in [-0.3, -0.25) is 19.5 Å². The maximum atomic E-state index is 11.4. The number of ether oxygens (including phenoxy) is 4. The molecule has 5 heterocycles. The topological polar surface area (TPSA) is 110 Å². The molecule has 2 aromatic rings. The number of benzene rings is 1. The van der Waals surface area contributed by atoms with Crippen molar-refractivity contribution in [2.45, 2.75) is 0 Å². The molecule has 4 saturated heterocycles. The van der Waals surface area contributed by atoms with Gasteiger partial charge < -0.3 is 23.5 Å². The normalized spacial score (nSPS) is 22.4.